The predicted octanol–water partition coefficient (Wildman–Crippen LogP) is 12.4. The zero-order valence-electron chi connectivity index (χ0n) is 26.4. The van der Waals surface area contributed by atoms with Crippen molar-refractivity contribution in [2.45, 2.75) is 195 Å². The molecule has 1 heteroatoms. The lowest BCUT2D eigenvalue weighted by Crippen LogP contribution is -2.27. The molecular formula is C35H73N. The maximum atomic E-state index is 2.84. The van der Waals surface area contributed by atoms with Gasteiger partial charge < -0.3 is 4.90 Å². The van der Waals surface area contributed by atoms with E-state index in [2.05, 4.69) is 39.5 Å². The van der Waals surface area contributed by atoms with Crippen LogP contribution in [-0.4, -0.2) is 24.5 Å². The zero-order chi connectivity index (χ0) is 26.5. The number of hydrogen-bond donors (Lipinski definition) is 0. The Labute approximate surface area is 231 Å². The molecule has 0 aromatic carbocycles. The normalized spacial score (nSPS) is 12.0. The van der Waals surface area contributed by atoms with Gasteiger partial charge in [0.1, 0.15) is 0 Å². The molecule has 0 saturated heterocycles. The lowest BCUT2D eigenvalue weighted by Gasteiger charge is -2.22. The summed E-state index contributed by atoms with van der Waals surface area (Å²) in [5.41, 5.74) is 0. The largest absolute Gasteiger partial charge is 0.303 e. The molecule has 0 aliphatic heterocycles. The van der Waals surface area contributed by atoms with E-state index in [-0.39, 0.29) is 0 Å². The van der Waals surface area contributed by atoms with Gasteiger partial charge in [0.15, 0.2) is 0 Å². The fourth-order valence-corrected chi connectivity index (χ4v) is 5.53. The second-order valence-corrected chi connectivity index (χ2v) is 13.0. The second kappa shape index (κ2) is 29.5. The Kier molecular flexibility index (Phi) is 29.5. The predicted molar refractivity (Wildman–Crippen MR) is 167 cm³/mol. The molecule has 0 aromatic rings. The van der Waals surface area contributed by atoms with E-state index in [1.54, 1.807) is 0 Å². The van der Waals surface area contributed by atoms with Gasteiger partial charge in [0.05, 0.1) is 0 Å². The fraction of sp³-hybridized carbons (Fsp3) is 1.00. The molecule has 0 aliphatic carbocycles. The van der Waals surface area contributed by atoms with E-state index >= 15 is 0 Å². The Morgan fingerprint density at radius 3 is 0.861 bits per heavy atom. The van der Waals surface area contributed by atoms with Crippen LogP contribution in [0, 0.1) is 11.8 Å². The van der Waals surface area contributed by atoms with Gasteiger partial charge in [-0.2, -0.15) is 0 Å². The average Bonchev–Trinajstić information content (AvgIpc) is 2.84. The third-order valence-electron chi connectivity index (χ3n) is 8.09. The van der Waals surface area contributed by atoms with Gasteiger partial charge in [0.2, 0.25) is 0 Å². The summed E-state index contributed by atoms with van der Waals surface area (Å²) in [6.45, 7) is 15.8. The van der Waals surface area contributed by atoms with Crippen molar-refractivity contribution in [1.29, 1.82) is 0 Å². The van der Waals surface area contributed by atoms with Crippen LogP contribution in [0.1, 0.15) is 195 Å². The van der Waals surface area contributed by atoms with Gasteiger partial charge in [-0.15, -0.1) is 0 Å². The molecule has 0 unspecified atom stereocenters. The van der Waals surface area contributed by atoms with Crippen molar-refractivity contribution >= 4 is 0 Å². The average molecular weight is 508 g/mol. The Morgan fingerprint density at radius 1 is 0.333 bits per heavy atom. The Balaban J connectivity index is 3.85. The van der Waals surface area contributed by atoms with Crippen LogP contribution in [0.15, 0.2) is 0 Å². The first-order valence-corrected chi connectivity index (χ1v) is 17.3. The van der Waals surface area contributed by atoms with Crippen LogP contribution in [-0.2, 0) is 0 Å². The quantitative estimate of drug-likeness (QED) is 0.0873. The summed E-state index contributed by atoms with van der Waals surface area (Å²) >= 11 is 0. The molecular weight excluding hydrogens is 434 g/mol. The molecule has 1 nitrogen and oxygen atoms in total. The Hall–Kier alpha value is -0.0400. The summed E-state index contributed by atoms with van der Waals surface area (Å²) in [5, 5.41) is 0. The van der Waals surface area contributed by atoms with Crippen LogP contribution in [0.25, 0.3) is 0 Å². The number of hydrogen-bond acceptors (Lipinski definition) is 1. The van der Waals surface area contributed by atoms with E-state index in [0.717, 1.165) is 11.8 Å². The number of rotatable bonds is 30. The third kappa shape index (κ3) is 30.2. The summed E-state index contributed by atoms with van der Waals surface area (Å²) in [5.74, 6) is 1.77. The van der Waals surface area contributed by atoms with Crippen molar-refractivity contribution in [2.75, 3.05) is 19.6 Å². The maximum absolute atomic E-state index is 2.84. The van der Waals surface area contributed by atoms with Gasteiger partial charge in [-0.25, -0.2) is 0 Å². The number of nitrogens with zero attached hydrogens (tertiary/aromatic N) is 1. The highest BCUT2D eigenvalue weighted by molar-refractivity contribution is 4.61. The van der Waals surface area contributed by atoms with Crippen LogP contribution in [0.5, 0.6) is 0 Å². The van der Waals surface area contributed by atoms with Gasteiger partial charge in [-0.3, -0.25) is 0 Å². The standard InChI is InChI=1S/C35H73N/c1-6-7-8-9-16-21-26-31-36(32-27-22-17-12-10-14-19-24-29-34(2)3)33-28-23-18-13-11-15-20-25-30-35(4)5/h34-35H,6-33H2,1-5H3. The highest BCUT2D eigenvalue weighted by atomic mass is 15.1. The first kappa shape index (κ1) is 36.0. The van der Waals surface area contributed by atoms with Gasteiger partial charge in [0, 0.05) is 0 Å². The van der Waals surface area contributed by atoms with Crippen molar-refractivity contribution in [3.8, 4) is 0 Å². The Bertz CT molecular complexity index is 360. The lowest BCUT2D eigenvalue weighted by molar-refractivity contribution is 0.254. The molecule has 0 aromatic heterocycles. The van der Waals surface area contributed by atoms with E-state index < -0.39 is 0 Å². The van der Waals surface area contributed by atoms with Gasteiger partial charge >= 0.3 is 0 Å². The van der Waals surface area contributed by atoms with E-state index in [1.165, 1.54) is 180 Å². The first-order valence-electron chi connectivity index (χ1n) is 17.3. The summed E-state index contributed by atoms with van der Waals surface area (Å²) in [6, 6.07) is 0. The maximum Gasteiger partial charge on any atom is -0.00187 e. The molecule has 0 rings (SSSR count). The van der Waals surface area contributed by atoms with Crippen molar-refractivity contribution < 1.29 is 0 Å². The molecule has 0 radical (unpaired) electrons. The minimum atomic E-state index is 0.887. The van der Waals surface area contributed by atoms with Crippen molar-refractivity contribution in [2.24, 2.45) is 11.8 Å². The monoisotopic (exact) mass is 508 g/mol. The SMILES string of the molecule is CCCCCCCCCN(CCCCCCCCCCC(C)C)CCCCCCCCCCC(C)C. The molecule has 36 heavy (non-hydrogen) atoms. The van der Waals surface area contributed by atoms with Gasteiger partial charge in [-0.05, 0) is 50.7 Å². The highest BCUT2D eigenvalue weighted by Crippen LogP contribution is 2.15. The van der Waals surface area contributed by atoms with Crippen molar-refractivity contribution in [1.82, 2.24) is 4.90 Å². The second-order valence-electron chi connectivity index (χ2n) is 13.0. The molecule has 218 valence electrons. The summed E-state index contributed by atoms with van der Waals surface area (Å²) in [7, 11) is 0. The Morgan fingerprint density at radius 2 is 0.583 bits per heavy atom. The molecule has 0 atom stereocenters. The lowest BCUT2D eigenvalue weighted by atomic mass is 10.0. The summed E-state index contributed by atoms with van der Waals surface area (Å²) in [4.78, 5) is 2.84. The molecule has 0 aliphatic rings. The van der Waals surface area contributed by atoms with Crippen LogP contribution in [0.3, 0.4) is 0 Å². The molecule has 0 amide bonds. The van der Waals surface area contributed by atoms with E-state index in [4.69, 9.17) is 0 Å². The van der Waals surface area contributed by atoms with E-state index in [1.807, 2.05) is 0 Å². The first-order chi connectivity index (χ1) is 17.6. The third-order valence-corrected chi connectivity index (χ3v) is 8.09. The van der Waals surface area contributed by atoms with Crippen LogP contribution in [0.2, 0.25) is 0 Å². The summed E-state index contributed by atoms with van der Waals surface area (Å²) < 4.78 is 0. The molecule has 0 bridgehead atoms. The minimum absolute atomic E-state index is 0.887. The zero-order valence-corrected chi connectivity index (χ0v) is 26.4. The van der Waals surface area contributed by atoms with Crippen LogP contribution >= 0.6 is 0 Å². The molecule has 0 saturated carbocycles. The van der Waals surface area contributed by atoms with Crippen molar-refractivity contribution in [3.63, 3.8) is 0 Å². The number of unbranched alkanes of at least 4 members (excludes halogenated alkanes) is 20. The van der Waals surface area contributed by atoms with E-state index in [9.17, 15) is 0 Å². The smallest absolute Gasteiger partial charge is 0.00187 e. The van der Waals surface area contributed by atoms with Crippen molar-refractivity contribution in [3.05, 3.63) is 0 Å². The highest BCUT2D eigenvalue weighted by Gasteiger charge is 2.05. The molecule has 0 heterocycles. The minimum Gasteiger partial charge on any atom is -0.303 e. The summed E-state index contributed by atoms with van der Waals surface area (Å²) in [6.07, 6.45) is 36.2. The molecule has 0 fully saturated rings. The van der Waals surface area contributed by atoms with Crippen LogP contribution < -0.4 is 0 Å². The van der Waals surface area contributed by atoms with Gasteiger partial charge in [-0.1, -0.05) is 176 Å². The fourth-order valence-electron chi connectivity index (χ4n) is 5.53. The van der Waals surface area contributed by atoms with Gasteiger partial charge in [0.25, 0.3) is 0 Å². The topological polar surface area (TPSA) is 3.24 Å². The molecule has 0 N–H and O–H groups in total. The van der Waals surface area contributed by atoms with Crippen LogP contribution in [0.4, 0.5) is 0 Å². The molecule has 0 spiro atoms. The van der Waals surface area contributed by atoms with E-state index in [0.29, 0.717) is 0 Å².